The van der Waals surface area contributed by atoms with Gasteiger partial charge in [0.05, 0.1) is 0 Å². The van der Waals surface area contributed by atoms with E-state index in [0.717, 1.165) is 6.42 Å². The van der Waals surface area contributed by atoms with Crippen LogP contribution < -0.4 is 11.1 Å². The zero-order valence-electron chi connectivity index (χ0n) is 8.70. The summed E-state index contributed by atoms with van der Waals surface area (Å²) in [4.78, 5) is 19.0. The van der Waals surface area contributed by atoms with E-state index in [0.29, 0.717) is 0 Å². The van der Waals surface area contributed by atoms with E-state index in [1.807, 2.05) is 6.92 Å². The summed E-state index contributed by atoms with van der Waals surface area (Å²) in [5, 5.41) is 2.76. The van der Waals surface area contributed by atoms with Gasteiger partial charge in [0.15, 0.2) is 10.3 Å². The van der Waals surface area contributed by atoms with Crippen molar-refractivity contribution in [2.45, 2.75) is 25.8 Å². The van der Waals surface area contributed by atoms with Crippen LogP contribution in [0.4, 0.5) is 5.69 Å². The molecule has 0 fully saturated rings. The number of halogens is 2. The highest BCUT2D eigenvalue weighted by Crippen LogP contribution is 2.25. The van der Waals surface area contributed by atoms with Crippen LogP contribution in [0.5, 0.6) is 0 Å². The van der Waals surface area contributed by atoms with Crippen LogP contribution in [0.3, 0.4) is 0 Å². The topological polar surface area (TPSA) is 80.9 Å². The van der Waals surface area contributed by atoms with E-state index in [1.165, 1.54) is 6.33 Å². The quantitative estimate of drug-likeness (QED) is 0.812. The van der Waals surface area contributed by atoms with Crippen molar-refractivity contribution in [1.82, 2.24) is 9.97 Å². The SMILES string of the molecule is CCC(N)CC(=O)Nc1c(Cl)ncnc1Cl. The summed E-state index contributed by atoms with van der Waals surface area (Å²) >= 11 is 11.5. The van der Waals surface area contributed by atoms with Gasteiger partial charge >= 0.3 is 0 Å². The lowest BCUT2D eigenvalue weighted by Crippen LogP contribution is -2.26. The number of hydrogen-bond acceptors (Lipinski definition) is 4. The van der Waals surface area contributed by atoms with Gasteiger partial charge in [-0.2, -0.15) is 0 Å². The van der Waals surface area contributed by atoms with Crippen molar-refractivity contribution in [2.75, 3.05) is 5.32 Å². The van der Waals surface area contributed by atoms with Gasteiger partial charge in [-0.05, 0) is 6.42 Å². The lowest BCUT2D eigenvalue weighted by Gasteiger charge is -2.10. The summed E-state index contributed by atoms with van der Waals surface area (Å²) in [5.74, 6) is -0.257. The molecule has 1 unspecified atom stereocenters. The van der Waals surface area contributed by atoms with Crippen LogP contribution in [0.2, 0.25) is 10.3 Å². The van der Waals surface area contributed by atoms with Crippen molar-refractivity contribution >= 4 is 34.8 Å². The molecule has 0 bridgehead atoms. The fourth-order valence-corrected chi connectivity index (χ4v) is 1.43. The van der Waals surface area contributed by atoms with E-state index in [4.69, 9.17) is 28.9 Å². The Morgan fingerprint density at radius 1 is 1.50 bits per heavy atom. The van der Waals surface area contributed by atoms with Crippen molar-refractivity contribution in [1.29, 1.82) is 0 Å². The lowest BCUT2D eigenvalue weighted by atomic mass is 10.1. The van der Waals surface area contributed by atoms with Crippen LogP contribution in [0, 0.1) is 0 Å². The number of hydrogen-bond donors (Lipinski definition) is 2. The predicted octanol–water partition coefficient (Wildman–Crippen LogP) is 1.85. The number of carbonyl (C=O) groups is 1. The van der Waals surface area contributed by atoms with E-state index in [9.17, 15) is 4.79 Å². The fourth-order valence-electron chi connectivity index (χ4n) is 1.02. The highest BCUT2D eigenvalue weighted by atomic mass is 35.5. The van der Waals surface area contributed by atoms with E-state index in [-0.39, 0.29) is 34.4 Å². The summed E-state index contributed by atoms with van der Waals surface area (Å²) in [6, 6.07) is -0.179. The highest BCUT2D eigenvalue weighted by molar-refractivity contribution is 6.38. The summed E-state index contributed by atoms with van der Waals surface area (Å²) in [6.07, 6.45) is 2.15. The number of aromatic nitrogens is 2. The molecule has 1 heterocycles. The molecule has 1 atom stereocenters. The number of nitrogens with one attached hydrogen (secondary N) is 1. The van der Waals surface area contributed by atoms with Gasteiger partial charge in [-0.1, -0.05) is 30.1 Å². The van der Waals surface area contributed by atoms with Crippen LogP contribution in [0.1, 0.15) is 19.8 Å². The molecule has 1 amide bonds. The molecule has 5 nitrogen and oxygen atoms in total. The van der Waals surface area contributed by atoms with Crippen LogP contribution in [0.25, 0.3) is 0 Å². The number of carbonyl (C=O) groups excluding carboxylic acids is 1. The molecular weight excluding hydrogens is 251 g/mol. The largest absolute Gasteiger partial charge is 0.327 e. The summed E-state index contributed by atoms with van der Waals surface area (Å²) in [5.41, 5.74) is 5.87. The Hall–Kier alpha value is -0.910. The van der Waals surface area contributed by atoms with Gasteiger partial charge in [0.1, 0.15) is 12.0 Å². The molecule has 1 aromatic rings. The first-order valence-corrected chi connectivity index (χ1v) is 5.51. The second-order valence-electron chi connectivity index (χ2n) is 3.25. The molecule has 0 saturated carbocycles. The Bertz CT molecular complexity index is 366. The molecule has 0 radical (unpaired) electrons. The maximum atomic E-state index is 11.5. The molecule has 0 aliphatic heterocycles. The zero-order valence-corrected chi connectivity index (χ0v) is 10.2. The third-order valence-electron chi connectivity index (χ3n) is 1.99. The molecule has 1 aromatic heterocycles. The predicted molar refractivity (Wildman–Crippen MR) is 63.6 cm³/mol. The Morgan fingerprint density at radius 3 is 2.56 bits per heavy atom. The molecule has 1 rings (SSSR count). The van der Waals surface area contributed by atoms with Crippen molar-refractivity contribution in [3.8, 4) is 0 Å². The summed E-state index contributed by atoms with van der Waals surface area (Å²) in [7, 11) is 0. The first kappa shape index (κ1) is 13.2. The number of anilines is 1. The molecule has 0 aromatic carbocycles. The monoisotopic (exact) mass is 262 g/mol. The number of nitrogens with two attached hydrogens (primary N) is 1. The van der Waals surface area contributed by atoms with E-state index in [1.54, 1.807) is 0 Å². The first-order valence-electron chi connectivity index (χ1n) is 4.76. The Kier molecular flexibility index (Phi) is 4.92. The summed E-state index contributed by atoms with van der Waals surface area (Å²) in [6.45, 7) is 1.91. The van der Waals surface area contributed by atoms with Crippen LogP contribution in [0.15, 0.2) is 6.33 Å². The average Bonchev–Trinajstić information content (AvgIpc) is 2.23. The molecule has 16 heavy (non-hydrogen) atoms. The third-order valence-corrected chi connectivity index (χ3v) is 2.56. The Balaban J connectivity index is 2.70. The van der Waals surface area contributed by atoms with Gasteiger partial charge in [-0.3, -0.25) is 4.79 Å². The van der Waals surface area contributed by atoms with E-state index < -0.39 is 0 Å². The van der Waals surface area contributed by atoms with Crippen molar-refractivity contribution in [3.63, 3.8) is 0 Å². The molecule has 7 heteroatoms. The summed E-state index contributed by atoms with van der Waals surface area (Å²) < 4.78 is 0. The maximum Gasteiger partial charge on any atom is 0.226 e. The average molecular weight is 263 g/mol. The number of rotatable bonds is 4. The zero-order chi connectivity index (χ0) is 12.1. The van der Waals surface area contributed by atoms with Crippen LogP contribution in [-0.2, 0) is 4.79 Å². The first-order chi connectivity index (χ1) is 7.54. The second kappa shape index (κ2) is 5.98. The standard InChI is InChI=1S/C9H12Cl2N4O/c1-2-5(12)3-6(16)15-7-8(10)13-4-14-9(7)11/h4-5H,2-3,12H2,1H3,(H,15,16). The van der Waals surface area contributed by atoms with Gasteiger partial charge in [-0.15, -0.1) is 0 Å². The van der Waals surface area contributed by atoms with Gasteiger partial charge in [0.2, 0.25) is 5.91 Å². The molecule has 0 spiro atoms. The lowest BCUT2D eigenvalue weighted by molar-refractivity contribution is -0.116. The van der Waals surface area contributed by atoms with Crippen LogP contribution >= 0.6 is 23.2 Å². The Morgan fingerprint density at radius 2 is 2.06 bits per heavy atom. The molecule has 0 aliphatic carbocycles. The third kappa shape index (κ3) is 3.59. The van der Waals surface area contributed by atoms with Gasteiger partial charge < -0.3 is 11.1 Å². The van der Waals surface area contributed by atoms with Crippen molar-refractivity contribution in [2.24, 2.45) is 5.73 Å². The smallest absolute Gasteiger partial charge is 0.226 e. The van der Waals surface area contributed by atoms with Crippen molar-refractivity contribution < 1.29 is 4.79 Å². The minimum atomic E-state index is -0.257. The Labute approximate surface area is 103 Å². The molecule has 3 N–H and O–H groups in total. The van der Waals surface area contributed by atoms with Crippen molar-refractivity contribution in [3.05, 3.63) is 16.6 Å². The van der Waals surface area contributed by atoms with Gasteiger partial charge in [0.25, 0.3) is 0 Å². The molecule has 88 valence electrons. The van der Waals surface area contributed by atoms with Gasteiger partial charge in [-0.25, -0.2) is 9.97 Å². The second-order valence-corrected chi connectivity index (χ2v) is 3.97. The molecule has 0 aliphatic rings. The van der Waals surface area contributed by atoms with E-state index in [2.05, 4.69) is 15.3 Å². The maximum absolute atomic E-state index is 11.5. The minimum Gasteiger partial charge on any atom is -0.327 e. The van der Waals surface area contributed by atoms with E-state index >= 15 is 0 Å². The van der Waals surface area contributed by atoms with Gasteiger partial charge in [0, 0.05) is 12.5 Å². The normalized spacial score (nSPS) is 12.2. The molecule has 0 saturated heterocycles. The molecular formula is C9H12Cl2N4O. The minimum absolute atomic E-state index is 0.110. The van der Waals surface area contributed by atoms with Crippen LogP contribution in [-0.4, -0.2) is 21.9 Å². The number of nitrogens with zero attached hydrogens (tertiary/aromatic N) is 2. The highest BCUT2D eigenvalue weighted by Gasteiger charge is 2.13. The number of amides is 1. The fraction of sp³-hybridized carbons (Fsp3) is 0.444.